The molecule has 0 bridgehead atoms. The average Bonchev–Trinajstić information content (AvgIpc) is 2.97. The number of ether oxygens (including phenoxy) is 1. The van der Waals surface area contributed by atoms with E-state index in [9.17, 15) is 9.59 Å². The average molecular weight is 581 g/mol. The number of hydrogen-bond donors (Lipinski definition) is 0. The molecule has 0 N–H and O–H groups in total. The van der Waals surface area contributed by atoms with Crippen LogP contribution < -0.4 is 15.9 Å². The van der Waals surface area contributed by atoms with Gasteiger partial charge in [-0.3, -0.25) is 0 Å². The van der Waals surface area contributed by atoms with Crippen LogP contribution in [0.15, 0.2) is 91.0 Å². The summed E-state index contributed by atoms with van der Waals surface area (Å²) in [4.78, 5) is 28.9. The van der Waals surface area contributed by atoms with Gasteiger partial charge in [0.2, 0.25) is 0 Å². The van der Waals surface area contributed by atoms with Gasteiger partial charge < -0.3 is 0 Å². The van der Waals surface area contributed by atoms with Crippen LogP contribution in [0.25, 0.3) is 0 Å². The second-order valence-electron chi connectivity index (χ2n) is 11.6. The van der Waals surface area contributed by atoms with E-state index in [0.29, 0.717) is 32.6 Å². The first-order chi connectivity index (χ1) is 19.1. The Hall–Kier alpha value is -2.88. The summed E-state index contributed by atoms with van der Waals surface area (Å²) in [5.41, 5.74) is -0.520. The van der Waals surface area contributed by atoms with Crippen LogP contribution in [0, 0.1) is 0 Å². The van der Waals surface area contributed by atoms with Crippen LogP contribution in [-0.2, 0) is 9.53 Å². The van der Waals surface area contributed by atoms with Crippen LogP contribution in [0.2, 0.25) is 0 Å². The number of carbonyl (C=O) groups is 2. The van der Waals surface area contributed by atoms with Crippen LogP contribution in [-0.4, -0.2) is 59.7 Å². The molecule has 3 aromatic carbocycles. The zero-order valence-corrected chi connectivity index (χ0v) is 25.6. The molecule has 0 saturated carbocycles. The van der Waals surface area contributed by atoms with E-state index in [1.807, 2.05) is 43.9 Å². The molecule has 3 aromatic rings. The molecule has 2 amide bonds. The number of carbonyl (C=O) groups excluding carboxylic acids is 2. The number of piperazine rings is 1. The molecule has 0 atom stereocenters. The van der Waals surface area contributed by atoms with Crippen molar-refractivity contribution < 1.29 is 14.3 Å². The molecule has 214 valence electrons. The van der Waals surface area contributed by atoms with E-state index in [4.69, 9.17) is 16.0 Å². The Bertz CT molecular complexity index is 1160. The van der Waals surface area contributed by atoms with Crippen LogP contribution in [0.3, 0.4) is 0 Å². The molecule has 5 nitrogen and oxygen atoms in total. The van der Waals surface area contributed by atoms with Gasteiger partial charge in [0, 0.05) is 0 Å². The molecule has 1 aliphatic heterocycles. The molecule has 0 radical (unpaired) electrons. The van der Waals surface area contributed by atoms with Gasteiger partial charge in [0.15, 0.2) is 0 Å². The summed E-state index contributed by atoms with van der Waals surface area (Å²) in [5.74, 6) is -3.10. The van der Waals surface area contributed by atoms with Gasteiger partial charge in [-0.1, -0.05) is 0 Å². The van der Waals surface area contributed by atoms with E-state index in [1.165, 1.54) is 15.9 Å². The minimum atomic E-state index is -3.26. The van der Waals surface area contributed by atoms with Crippen LogP contribution >= 0.6 is 17.2 Å². The zero-order chi connectivity index (χ0) is 28.7. The maximum absolute atomic E-state index is 13.0. The van der Waals surface area contributed by atoms with Crippen molar-refractivity contribution in [2.45, 2.75) is 52.1 Å². The quantitative estimate of drug-likeness (QED) is 0.220. The fraction of sp³-hybridized carbons (Fsp3) is 0.394. The van der Waals surface area contributed by atoms with Gasteiger partial charge >= 0.3 is 218 Å². The number of unbranched alkanes of at least 4 members (excludes halogenated alkanes) is 2. The number of nitrogens with zero attached hydrogens (tertiary/aromatic N) is 2. The summed E-state index contributed by atoms with van der Waals surface area (Å²) in [6.07, 6.45) is 3.67. The molecule has 0 aromatic heterocycles. The van der Waals surface area contributed by atoms with Gasteiger partial charge in [-0.25, -0.2) is 0 Å². The molecule has 4 rings (SSSR count). The fourth-order valence-corrected chi connectivity index (χ4v) is 11.8. The van der Waals surface area contributed by atoms with Crippen molar-refractivity contribution in [3.05, 3.63) is 91.0 Å². The van der Waals surface area contributed by atoms with E-state index in [2.05, 4.69) is 72.8 Å². The van der Waals surface area contributed by atoms with Crippen molar-refractivity contribution in [2.75, 3.05) is 32.3 Å². The standard InChI is InChI=1S/C33H42ClN2O3P/c1-33(2,3)39-32(38)36-25-23-35(24-26-36)31(37)22-14-7-15-27-40(34,28-16-8-4-9-17-28,29-18-10-5-11-19-29)30-20-12-6-13-21-30/h4-6,8-13,16-21H,7,14-15,22-27H2,1-3H3. The number of hydrogen-bond acceptors (Lipinski definition) is 3. The van der Waals surface area contributed by atoms with Gasteiger partial charge in [0.25, 0.3) is 0 Å². The molecule has 1 saturated heterocycles. The van der Waals surface area contributed by atoms with E-state index in [-0.39, 0.29) is 12.0 Å². The van der Waals surface area contributed by atoms with Crippen molar-refractivity contribution in [3.63, 3.8) is 0 Å². The fourth-order valence-electron chi connectivity index (χ4n) is 5.54. The number of benzene rings is 3. The third kappa shape index (κ3) is 6.70. The van der Waals surface area contributed by atoms with Crippen molar-refractivity contribution in [3.8, 4) is 0 Å². The van der Waals surface area contributed by atoms with Crippen molar-refractivity contribution in [1.82, 2.24) is 9.80 Å². The first kappa shape index (κ1) is 30.1. The predicted octanol–water partition coefficient (Wildman–Crippen LogP) is 6.31. The normalized spacial score (nSPS) is 15.2. The summed E-state index contributed by atoms with van der Waals surface area (Å²) in [5, 5.41) is 3.52. The maximum atomic E-state index is 13.0. The summed E-state index contributed by atoms with van der Waals surface area (Å²) >= 11 is 8.13. The zero-order valence-electron chi connectivity index (χ0n) is 24.0. The predicted molar refractivity (Wildman–Crippen MR) is 169 cm³/mol. The SMILES string of the molecule is CC(C)(C)OC(=O)N1CCN(C(=O)CCCCCP(Cl)(c2ccccc2)(c2ccccc2)c2ccccc2)CC1. The van der Waals surface area contributed by atoms with Crippen LogP contribution in [0.1, 0.15) is 46.5 Å². The molecule has 1 aliphatic rings. The Morgan fingerprint density at radius 2 is 1.12 bits per heavy atom. The molecule has 0 spiro atoms. The Balaban J connectivity index is 1.40. The van der Waals surface area contributed by atoms with Crippen molar-refractivity contribution in [1.29, 1.82) is 0 Å². The molecular formula is C33H42ClN2O3P. The molecule has 1 heterocycles. The van der Waals surface area contributed by atoms with Gasteiger partial charge in [-0.05, 0) is 20.8 Å². The topological polar surface area (TPSA) is 49.9 Å². The minimum absolute atomic E-state index is 0.154. The van der Waals surface area contributed by atoms with Gasteiger partial charge in [-0.15, -0.1) is 0 Å². The van der Waals surface area contributed by atoms with E-state index >= 15 is 0 Å². The molecular weight excluding hydrogens is 539 g/mol. The second kappa shape index (κ2) is 12.7. The Morgan fingerprint density at radius 1 is 0.700 bits per heavy atom. The Kier molecular flexibility index (Phi) is 9.59. The van der Waals surface area contributed by atoms with Crippen molar-refractivity contribution in [2.24, 2.45) is 0 Å². The van der Waals surface area contributed by atoms with E-state index < -0.39 is 11.6 Å². The third-order valence-electron chi connectivity index (χ3n) is 7.64. The summed E-state index contributed by atoms with van der Waals surface area (Å²) in [6, 6.07) is 31.6. The summed E-state index contributed by atoms with van der Waals surface area (Å²) in [7, 11) is 0. The van der Waals surface area contributed by atoms with Crippen molar-refractivity contribution >= 4 is 45.1 Å². The molecule has 0 aliphatic carbocycles. The van der Waals surface area contributed by atoms with Crippen LogP contribution in [0.4, 0.5) is 4.79 Å². The van der Waals surface area contributed by atoms with Gasteiger partial charge in [-0.2, -0.15) is 0 Å². The number of halogens is 1. The van der Waals surface area contributed by atoms with Gasteiger partial charge in [0.05, 0.1) is 0 Å². The monoisotopic (exact) mass is 580 g/mol. The number of amides is 2. The first-order valence-electron chi connectivity index (χ1n) is 14.3. The summed E-state index contributed by atoms with van der Waals surface area (Å²) in [6.45, 7) is 7.70. The van der Waals surface area contributed by atoms with Crippen LogP contribution in [0.5, 0.6) is 0 Å². The second-order valence-corrected chi connectivity index (χ2v) is 18.2. The Labute approximate surface area is 244 Å². The third-order valence-corrected chi connectivity index (χ3v) is 15.2. The number of rotatable bonds is 9. The molecule has 0 unspecified atom stereocenters. The summed E-state index contributed by atoms with van der Waals surface area (Å²) < 4.78 is 5.47. The van der Waals surface area contributed by atoms with E-state index in [0.717, 1.165) is 25.4 Å². The Morgan fingerprint density at radius 3 is 1.55 bits per heavy atom. The molecule has 1 fully saturated rings. The van der Waals surface area contributed by atoms with Gasteiger partial charge in [0.1, 0.15) is 5.60 Å². The first-order valence-corrected chi connectivity index (χ1v) is 17.6. The molecule has 7 heteroatoms. The van der Waals surface area contributed by atoms with E-state index in [1.54, 1.807) is 4.90 Å². The molecule has 40 heavy (non-hydrogen) atoms.